The van der Waals surface area contributed by atoms with E-state index in [1.165, 1.54) is 78.1 Å². The van der Waals surface area contributed by atoms with E-state index >= 15 is 0 Å². The molecule has 0 aromatic heterocycles. The molecule has 28 heavy (non-hydrogen) atoms. The van der Waals surface area contributed by atoms with Gasteiger partial charge in [0.15, 0.2) is 5.78 Å². The summed E-state index contributed by atoms with van der Waals surface area (Å²) in [5.41, 5.74) is 0.933. The number of ketones is 1. The molecule has 146 valence electrons. The molecule has 1 aliphatic rings. The lowest BCUT2D eigenvalue weighted by molar-refractivity contribution is 0.0946. The van der Waals surface area contributed by atoms with E-state index in [1.807, 2.05) is 0 Å². The molecule has 0 heterocycles. The molecule has 0 fully saturated rings. The second-order valence-electron chi connectivity index (χ2n) is 8.48. The lowest BCUT2D eigenvalue weighted by Gasteiger charge is -2.20. The first kappa shape index (κ1) is 19.2. The molecule has 0 radical (unpaired) electrons. The van der Waals surface area contributed by atoms with Crippen LogP contribution in [0.3, 0.4) is 0 Å². The van der Waals surface area contributed by atoms with Gasteiger partial charge in [0.2, 0.25) is 0 Å². The van der Waals surface area contributed by atoms with Crippen LogP contribution in [0.1, 0.15) is 81.5 Å². The van der Waals surface area contributed by atoms with Gasteiger partial charge in [-0.15, -0.1) is 0 Å². The molecule has 0 aliphatic heterocycles. The van der Waals surface area contributed by atoms with Crippen LogP contribution in [0, 0.1) is 5.92 Å². The number of hydrogen-bond acceptors (Lipinski definition) is 1. The molecule has 0 spiro atoms. The summed E-state index contributed by atoms with van der Waals surface area (Å²) in [6.07, 6.45) is 15.2. The molecular weight excluding hydrogens is 340 g/mol. The van der Waals surface area contributed by atoms with Crippen molar-refractivity contribution >= 4 is 33.4 Å². The molecule has 3 aromatic carbocycles. The maximum atomic E-state index is 13.1. The highest BCUT2D eigenvalue weighted by atomic mass is 16.1. The Labute approximate surface area is 168 Å². The fourth-order valence-corrected chi connectivity index (χ4v) is 4.83. The summed E-state index contributed by atoms with van der Waals surface area (Å²) in [6, 6.07) is 15.0. The quantitative estimate of drug-likeness (QED) is 0.343. The first-order valence-electron chi connectivity index (χ1n) is 11.3. The first-order valence-corrected chi connectivity index (χ1v) is 11.3. The average Bonchev–Trinajstić information content (AvgIpc) is 2.72. The minimum atomic E-state index is 0.0550. The predicted octanol–water partition coefficient (Wildman–Crippen LogP) is 7.23. The Kier molecular flexibility index (Phi) is 6.10. The minimum Gasteiger partial charge on any atom is -0.293 e. The van der Waals surface area contributed by atoms with Crippen molar-refractivity contribution in [3.8, 4) is 0 Å². The summed E-state index contributed by atoms with van der Waals surface area (Å²) in [5.74, 6) is 0.379. The zero-order valence-corrected chi connectivity index (χ0v) is 17.2. The minimum absolute atomic E-state index is 0.0550. The second-order valence-corrected chi connectivity index (χ2v) is 8.48. The molecule has 1 nitrogen and oxygen atoms in total. The van der Waals surface area contributed by atoms with Crippen molar-refractivity contribution in [3.63, 3.8) is 0 Å². The Morgan fingerprint density at radius 2 is 1.36 bits per heavy atom. The van der Waals surface area contributed by atoms with Gasteiger partial charge >= 0.3 is 0 Å². The molecule has 4 rings (SSSR count). The first-order chi connectivity index (χ1) is 13.8. The van der Waals surface area contributed by atoms with E-state index in [-0.39, 0.29) is 5.92 Å². The Balaban J connectivity index is 1.40. The number of carbonyl (C=O) groups excluding carboxylic acids is 1. The van der Waals surface area contributed by atoms with Crippen LogP contribution in [0.4, 0.5) is 0 Å². The fourth-order valence-electron chi connectivity index (χ4n) is 4.83. The maximum Gasteiger partial charge on any atom is 0.170 e. The highest BCUT2D eigenvalue weighted by Gasteiger charge is 2.24. The van der Waals surface area contributed by atoms with Crippen LogP contribution in [0.5, 0.6) is 0 Å². The van der Waals surface area contributed by atoms with Gasteiger partial charge in [-0.3, -0.25) is 4.79 Å². The van der Waals surface area contributed by atoms with Crippen molar-refractivity contribution < 1.29 is 4.79 Å². The second kappa shape index (κ2) is 8.90. The van der Waals surface area contributed by atoms with Gasteiger partial charge in [-0.2, -0.15) is 0 Å². The molecule has 0 saturated heterocycles. The zero-order valence-electron chi connectivity index (χ0n) is 17.2. The Hall–Kier alpha value is -2.15. The van der Waals surface area contributed by atoms with Crippen LogP contribution in [-0.4, -0.2) is 5.78 Å². The van der Waals surface area contributed by atoms with Crippen LogP contribution in [0.15, 0.2) is 42.5 Å². The fraction of sp³-hybridized carbons (Fsp3) is 0.444. The van der Waals surface area contributed by atoms with E-state index in [0.29, 0.717) is 5.78 Å². The lowest BCUT2D eigenvalue weighted by Crippen LogP contribution is -2.23. The molecule has 1 aliphatic carbocycles. The number of benzene rings is 3. The van der Waals surface area contributed by atoms with E-state index in [2.05, 4.69) is 55.5 Å². The van der Waals surface area contributed by atoms with Gasteiger partial charge in [-0.25, -0.2) is 0 Å². The number of carbonyl (C=O) groups is 1. The molecular formula is C27H32O. The van der Waals surface area contributed by atoms with Crippen LogP contribution in [-0.2, 0) is 0 Å². The molecule has 0 bridgehead atoms. The molecule has 3 aromatic rings. The summed E-state index contributed by atoms with van der Waals surface area (Å²) in [7, 11) is 0. The highest BCUT2D eigenvalue weighted by molar-refractivity contribution is 6.21. The average molecular weight is 373 g/mol. The van der Waals surface area contributed by atoms with Crippen molar-refractivity contribution in [3.05, 3.63) is 53.2 Å². The molecule has 0 amide bonds. The van der Waals surface area contributed by atoms with E-state index in [0.717, 1.165) is 18.4 Å². The molecule has 1 heteroatoms. The summed E-state index contributed by atoms with van der Waals surface area (Å²) in [5, 5.41) is 6.14. The zero-order chi connectivity index (χ0) is 19.3. The van der Waals surface area contributed by atoms with Crippen LogP contribution < -0.4 is 5.22 Å². The van der Waals surface area contributed by atoms with Crippen molar-refractivity contribution in [2.24, 2.45) is 5.92 Å². The molecule has 1 unspecified atom stereocenters. The van der Waals surface area contributed by atoms with Gasteiger partial charge in [0, 0.05) is 16.9 Å². The van der Waals surface area contributed by atoms with E-state index in [1.54, 1.807) is 0 Å². The van der Waals surface area contributed by atoms with Crippen LogP contribution in [0.25, 0.3) is 27.6 Å². The van der Waals surface area contributed by atoms with Gasteiger partial charge in [-0.1, -0.05) is 113 Å². The van der Waals surface area contributed by atoms with E-state index < -0.39 is 0 Å². The topological polar surface area (TPSA) is 17.1 Å². The normalized spacial score (nSPS) is 16.0. The van der Waals surface area contributed by atoms with Crippen molar-refractivity contribution in [1.29, 1.82) is 0 Å². The summed E-state index contributed by atoms with van der Waals surface area (Å²) in [4.78, 5) is 13.1. The third-order valence-electron chi connectivity index (χ3n) is 6.41. The van der Waals surface area contributed by atoms with Crippen molar-refractivity contribution in [2.75, 3.05) is 0 Å². The van der Waals surface area contributed by atoms with E-state index in [9.17, 15) is 4.79 Å². The Bertz CT molecular complexity index is 998. The summed E-state index contributed by atoms with van der Waals surface area (Å²) < 4.78 is 0. The predicted molar refractivity (Wildman–Crippen MR) is 121 cm³/mol. The standard InChI is InChI=1S/C27H32O/c1-2-3-4-5-6-7-8-9-10-12-23-19-22-16-15-20-13-11-14-21-17-18-24(27(23)28)26(22)25(20)21/h11,13-19,23H,2-10,12H2,1H3. The van der Waals surface area contributed by atoms with Crippen molar-refractivity contribution in [2.45, 2.75) is 71.1 Å². The number of rotatable bonds is 10. The SMILES string of the molecule is CCCCCCCCCCCC1C=c2ccc3cccc4ccc(c2c43)C1=O. The summed E-state index contributed by atoms with van der Waals surface area (Å²) >= 11 is 0. The van der Waals surface area contributed by atoms with Gasteiger partial charge < -0.3 is 0 Å². The summed E-state index contributed by atoms with van der Waals surface area (Å²) in [6.45, 7) is 2.27. The highest BCUT2D eigenvalue weighted by Crippen LogP contribution is 2.32. The largest absolute Gasteiger partial charge is 0.293 e. The number of Topliss-reactive ketones (excluding diaryl/α,β-unsaturated/α-hetero) is 1. The molecule has 1 atom stereocenters. The lowest BCUT2D eigenvalue weighted by atomic mass is 9.82. The molecule has 0 saturated carbocycles. The monoisotopic (exact) mass is 372 g/mol. The van der Waals surface area contributed by atoms with Gasteiger partial charge in [0.1, 0.15) is 0 Å². The van der Waals surface area contributed by atoms with Crippen LogP contribution in [0.2, 0.25) is 0 Å². The van der Waals surface area contributed by atoms with Crippen molar-refractivity contribution in [1.82, 2.24) is 0 Å². The smallest absolute Gasteiger partial charge is 0.170 e. The van der Waals surface area contributed by atoms with Gasteiger partial charge in [-0.05, 0) is 27.8 Å². The van der Waals surface area contributed by atoms with Crippen LogP contribution >= 0.6 is 0 Å². The van der Waals surface area contributed by atoms with E-state index in [4.69, 9.17) is 0 Å². The van der Waals surface area contributed by atoms with Gasteiger partial charge in [0.25, 0.3) is 0 Å². The third kappa shape index (κ3) is 3.85. The molecule has 0 N–H and O–H groups in total. The Morgan fingerprint density at radius 3 is 2.07 bits per heavy atom. The number of hydrogen-bond donors (Lipinski definition) is 0. The van der Waals surface area contributed by atoms with Gasteiger partial charge in [0.05, 0.1) is 0 Å². The maximum absolute atomic E-state index is 13.1. The third-order valence-corrected chi connectivity index (χ3v) is 6.41. The Morgan fingerprint density at radius 1 is 0.714 bits per heavy atom. The number of unbranched alkanes of at least 4 members (excludes halogenated alkanes) is 8.